The number of hydrogen-bond acceptors (Lipinski definition) is 7. The van der Waals surface area contributed by atoms with Gasteiger partial charge >= 0.3 is 12.4 Å². The maximum absolute atomic E-state index is 13.6. The fourth-order valence-electron chi connectivity index (χ4n) is 4.31. The monoisotopic (exact) mass is 450 g/mol. The van der Waals surface area contributed by atoms with E-state index in [1.165, 1.54) is 0 Å². The molecule has 0 radical (unpaired) electrons. The first-order valence-corrected chi connectivity index (χ1v) is 10.1. The fraction of sp³-hybridized carbons (Fsp3) is 1.00. The first kappa shape index (κ1) is 24.0. The summed E-state index contributed by atoms with van der Waals surface area (Å²) in [5.74, 6) is -3.69. The molecule has 0 spiro atoms. The van der Waals surface area contributed by atoms with Gasteiger partial charge in [-0.15, -0.1) is 0 Å². The zero-order valence-electron chi connectivity index (χ0n) is 16.2. The Morgan fingerprint density at radius 3 is 2.10 bits per heavy atom. The smallest absolute Gasteiger partial charge is 0.394 e. The number of rotatable bonds is 1. The van der Waals surface area contributed by atoms with E-state index in [-0.39, 0.29) is 19.3 Å². The van der Waals surface area contributed by atoms with Gasteiger partial charge in [-0.05, 0) is 19.3 Å². The number of piperidine rings is 1. The average molecular weight is 450 g/mol. The van der Waals surface area contributed by atoms with Crippen molar-refractivity contribution in [2.45, 2.75) is 87.7 Å². The Balaban J connectivity index is 1.84. The van der Waals surface area contributed by atoms with Gasteiger partial charge in [0.1, 0.15) is 18.7 Å². The van der Waals surface area contributed by atoms with Crippen molar-refractivity contribution in [3.05, 3.63) is 0 Å². The molecule has 6 unspecified atom stereocenters. The van der Waals surface area contributed by atoms with E-state index in [4.69, 9.17) is 15.2 Å². The first-order valence-electron chi connectivity index (χ1n) is 10.1. The van der Waals surface area contributed by atoms with Crippen LogP contribution in [0, 0.1) is 11.8 Å². The number of fused-ring (bicyclic) bond motifs is 5. The third kappa shape index (κ3) is 5.56. The van der Waals surface area contributed by atoms with Gasteiger partial charge in [0.2, 0.25) is 0 Å². The molecular formula is C17H28F6N4O3. The maximum atomic E-state index is 13.6. The minimum atomic E-state index is -4.60. The van der Waals surface area contributed by atoms with Crippen LogP contribution in [0.25, 0.3) is 0 Å². The molecule has 3 heterocycles. The molecule has 4 bridgehead atoms. The number of halogens is 6. The molecule has 8 atom stereocenters. The number of alkyl halides is 6. The van der Waals surface area contributed by atoms with E-state index in [0.717, 1.165) is 0 Å². The van der Waals surface area contributed by atoms with Crippen LogP contribution in [-0.2, 0) is 9.47 Å². The highest BCUT2D eigenvalue weighted by molar-refractivity contribution is 4.98. The van der Waals surface area contributed by atoms with E-state index >= 15 is 0 Å². The number of hydrazine groups is 1. The Hall–Kier alpha value is -0.700. The Morgan fingerprint density at radius 2 is 1.47 bits per heavy atom. The minimum absolute atomic E-state index is 0.164. The average Bonchev–Trinajstić information content (AvgIpc) is 3.11. The molecule has 0 aromatic heterocycles. The van der Waals surface area contributed by atoms with Crippen molar-refractivity contribution < 1.29 is 40.9 Å². The third-order valence-corrected chi connectivity index (χ3v) is 5.99. The Labute approximate surface area is 170 Å². The van der Waals surface area contributed by atoms with Crippen LogP contribution >= 0.6 is 0 Å². The number of nitrogens with one attached hydrogen (secondary N) is 3. The first-order chi connectivity index (χ1) is 14.0. The molecule has 3 saturated heterocycles. The second kappa shape index (κ2) is 9.43. The summed E-state index contributed by atoms with van der Waals surface area (Å²) in [7, 11) is 0. The molecule has 0 aromatic carbocycles. The Kier molecular flexibility index (Phi) is 7.53. The molecule has 0 amide bonds. The molecule has 0 saturated carbocycles. The maximum Gasteiger partial charge on any atom is 0.395 e. The quantitative estimate of drug-likeness (QED) is 0.386. The van der Waals surface area contributed by atoms with Crippen LogP contribution in [0.4, 0.5) is 26.3 Å². The Bertz CT molecular complexity index is 567. The predicted molar refractivity (Wildman–Crippen MR) is 92.4 cm³/mol. The molecule has 13 heteroatoms. The van der Waals surface area contributed by atoms with Gasteiger partial charge < -0.3 is 20.3 Å². The van der Waals surface area contributed by atoms with Crippen molar-refractivity contribution in [1.29, 1.82) is 0 Å². The van der Waals surface area contributed by atoms with Crippen LogP contribution in [0.5, 0.6) is 0 Å². The van der Waals surface area contributed by atoms with Gasteiger partial charge in [0.15, 0.2) is 0 Å². The molecule has 3 rings (SSSR count). The van der Waals surface area contributed by atoms with Gasteiger partial charge in [-0.25, -0.2) is 10.9 Å². The van der Waals surface area contributed by atoms with Gasteiger partial charge in [-0.1, -0.05) is 19.3 Å². The highest BCUT2D eigenvalue weighted by Gasteiger charge is 2.54. The third-order valence-electron chi connectivity index (χ3n) is 5.99. The van der Waals surface area contributed by atoms with Crippen molar-refractivity contribution in [2.24, 2.45) is 17.6 Å². The van der Waals surface area contributed by atoms with Crippen molar-refractivity contribution >= 4 is 0 Å². The predicted octanol–water partition coefficient (Wildman–Crippen LogP) is 1.48. The molecule has 3 aliphatic heterocycles. The summed E-state index contributed by atoms with van der Waals surface area (Å²) in [6.45, 7) is -0.494. The largest absolute Gasteiger partial charge is 0.395 e. The lowest BCUT2D eigenvalue weighted by atomic mass is 9.87. The van der Waals surface area contributed by atoms with E-state index < -0.39 is 74.1 Å². The summed E-state index contributed by atoms with van der Waals surface area (Å²) in [6, 6.07) is -1.97. The topological polar surface area (TPSA) is 101 Å². The van der Waals surface area contributed by atoms with Crippen LogP contribution in [0.15, 0.2) is 0 Å². The van der Waals surface area contributed by atoms with Gasteiger partial charge in [-0.3, -0.25) is 5.32 Å². The van der Waals surface area contributed by atoms with E-state index in [0.29, 0.717) is 12.8 Å². The van der Waals surface area contributed by atoms with Crippen molar-refractivity contribution in [3.63, 3.8) is 0 Å². The van der Waals surface area contributed by atoms with Crippen molar-refractivity contribution in [1.82, 2.24) is 16.2 Å². The lowest BCUT2D eigenvalue weighted by molar-refractivity contribution is -0.241. The van der Waals surface area contributed by atoms with Gasteiger partial charge in [0.25, 0.3) is 0 Å². The SMILES string of the molecule is NC1CC(C(F)(F)F)C2NC1C1NNC(O1)[C@H](C(F)(F)F)CCCCC[C@H](CO)O2. The second-order valence-corrected chi connectivity index (χ2v) is 8.15. The number of aliphatic hydroxyl groups is 1. The number of ether oxygens (including phenoxy) is 2. The molecule has 30 heavy (non-hydrogen) atoms. The zero-order chi connectivity index (χ0) is 22.1. The molecule has 176 valence electrons. The highest BCUT2D eigenvalue weighted by atomic mass is 19.4. The second-order valence-electron chi connectivity index (χ2n) is 8.15. The molecule has 6 N–H and O–H groups in total. The van der Waals surface area contributed by atoms with Gasteiger partial charge in [0.05, 0.1) is 30.6 Å². The van der Waals surface area contributed by atoms with Crippen LogP contribution in [-0.4, -0.2) is 60.9 Å². The number of nitrogens with two attached hydrogens (primary N) is 1. The number of aliphatic hydroxyl groups excluding tert-OH is 1. The summed E-state index contributed by atoms with van der Waals surface area (Å²) in [5, 5.41) is 12.2. The summed E-state index contributed by atoms with van der Waals surface area (Å²) in [4.78, 5) is 0. The molecule has 0 aliphatic carbocycles. The highest BCUT2D eigenvalue weighted by Crippen LogP contribution is 2.39. The summed E-state index contributed by atoms with van der Waals surface area (Å²) in [6.07, 6.45) is -13.2. The lowest BCUT2D eigenvalue weighted by Crippen LogP contribution is -2.67. The minimum Gasteiger partial charge on any atom is -0.394 e. The lowest BCUT2D eigenvalue weighted by Gasteiger charge is -2.44. The molecule has 3 aliphatic rings. The van der Waals surface area contributed by atoms with Gasteiger partial charge in [-0.2, -0.15) is 26.3 Å². The molecule has 3 fully saturated rings. The molecular weight excluding hydrogens is 422 g/mol. The van der Waals surface area contributed by atoms with E-state index in [1.807, 2.05) is 0 Å². The van der Waals surface area contributed by atoms with E-state index in [1.54, 1.807) is 0 Å². The number of hydrogen-bond donors (Lipinski definition) is 5. The van der Waals surface area contributed by atoms with Gasteiger partial charge in [0, 0.05) is 6.04 Å². The molecule has 7 nitrogen and oxygen atoms in total. The standard InChI is InChI=1S/C17H28F6N4O3/c18-16(19,20)9-5-3-1-2-4-8(7-28)29-13-10(17(21,22)23)6-11(24)12(25-13)15-27-26-14(9)30-15/h8-15,25-28H,1-7,24H2/t8-,9-,10?,11?,12?,13?,14?,15?/m1/s1. The molecule has 0 aromatic rings. The normalized spacial score (nSPS) is 42.0. The van der Waals surface area contributed by atoms with Crippen LogP contribution in [0.3, 0.4) is 0 Å². The zero-order valence-corrected chi connectivity index (χ0v) is 16.2. The van der Waals surface area contributed by atoms with Crippen LogP contribution < -0.4 is 21.9 Å². The summed E-state index contributed by atoms with van der Waals surface area (Å²) < 4.78 is 92.4. The van der Waals surface area contributed by atoms with Crippen molar-refractivity contribution in [3.8, 4) is 0 Å². The van der Waals surface area contributed by atoms with Crippen molar-refractivity contribution in [2.75, 3.05) is 6.61 Å². The van der Waals surface area contributed by atoms with Crippen LogP contribution in [0.2, 0.25) is 0 Å². The fourth-order valence-corrected chi connectivity index (χ4v) is 4.31. The Morgan fingerprint density at radius 1 is 0.833 bits per heavy atom. The summed E-state index contributed by atoms with van der Waals surface area (Å²) >= 11 is 0. The van der Waals surface area contributed by atoms with E-state index in [9.17, 15) is 31.4 Å². The summed E-state index contributed by atoms with van der Waals surface area (Å²) in [5.41, 5.74) is 11.0. The van der Waals surface area contributed by atoms with Crippen LogP contribution in [0.1, 0.15) is 38.5 Å². The van der Waals surface area contributed by atoms with E-state index in [2.05, 4.69) is 16.2 Å².